The summed E-state index contributed by atoms with van der Waals surface area (Å²) in [6.07, 6.45) is 0. The highest BCUT2D eigenvalue weighted by Gasteiger charge is 2.58. The van der Waals surface area contributed by atoms with Crippen molar-refractivity contribution in [1.82, 2.24) is 0 Å². The molecule has 0 amide bonds. The quantitative estimate of drug-likeness (QED) is 0.622. The molecule has 0 radical (unpaired) electrons. The van der Waals surface area contributed by atoms with Gasteiger partial charge in [0.1, 0.15) is 0 Å². The molecule has 0 aliphatic rings. The van der Waals surface area contributed by atoms with Crippen LogP contribution in [-0.4, -0.2) is 20.1 Å². The van der Waals surface area contributed by atoms with Gasteiger partial charge in [-0.25, -0.2) is 0 Å². The second-order valence-corrected chi connectivity index (χ2v) is 10.9. The summed E-state index contributed by atoms with van der Waals surface area (Å²) < 4.78 is 6.67. The van der Waals surface area contributed by atoms with Gasteiger partial charge in [0.2, 0.25) is 0 Å². The van der Waals surface area contributed by atoms with Crippen molar-refractivity contribution in [2.45, 2.75) is 79.5 Å². The third-order valence-electron chi connectivity index (χ3n) is 3.58. The first kappa shape index (κ1) is 17.5. The summed E-state index contributed by atoms with van der Waals surface area (Å²) in [5.74, 6) is 4.55. The first-order chi connectivity index (χ1) is 7.17. The first-order valence-corrected chi connectivity index (χ1v) is 9.63. The van der Waals surface area contributed by atoms with Crippen molar-refractivity contribution >= 4 is 14.5 Å². The average Bonchev–Trinajstić information content (AvgIpc) is 1.91. The van der Waals surface area contributed by atoms with E-state index in [0.717, 1.165) is 0 Å². The molecule has 0 saturated heterocycles. The van der Waals surface area contributed by atoms with Crippen molar-refractivity contribution in [2.24, 2.45) is 16.2 Å². The van der Waals surface area contributed by atoms with E-state index in [-0.39, 0.29) is 21.8 Å². The molecule has 2 heteroatoms. The Hall–Kier alpha value is 0.492. The number of hydrogen-bond acceptors (Lipinski definition) is 1. The lowest BCUT2D eigenvalue weighted by molar-refractivity contribution is -0.186. The molecular weight excluding hydrogens is 223 g/mol. The van der Waals surface area contributed by atoms with Gasteiger partial charge in [0.25, 0.3) is 0 Å². The highest BCUT2D eigenvalue weighted by atomic mass is 27.2. The van der Waals surface area contributed by atoms with Crippen LogP contribution in [0, 0.1) is 16.2 Å². The van der Waals surface area contributed by atoms with E-state index < -0.39 is 14.5 Å². The topological polar surface area (TPSA) is 9.23 Å². The standard InChI is InChI=1S/C13H27O.2CH3.Al/c1-10(2,3)13(14,11(4,5)6)12(7,8)9;;;/h1-9H3;2*1H3;/q-1;;;+1. The summed E-state index contributed by atoms with van der Waals surface area (Å²) in [6, 6.07) is 0. The van der Waals surface area contributed by atoms with E-state index in [1.54, 1.807) is 0 Å². The zero-order chi connectivity index (χ0) is 14.3. The van der Waals surface area contributed by atoms with Gasteiger partial charge in [0.05, 0.1) is 5.60 Å². The third-order valence-corrected chi connectivity index (χ3v) is 4.41. The third kappa shape index (κ3) is 3.28. The predicted octanol–water partition coefficient (Wildman–Crippen LogP) is 5.13. The molecule has 0 aliphatic carbocycles. The van der Waals surface area contributed by atoms with Crippen molar-refractivity contribution in [2.75, 3.05) is 0 Å². The first-order valence-electron chi connectivity index (χ1n) is 6.84. The lowest BCUT2D eigenvalue weighted by atomic mass is 9.52. The van der Waals surface area contributed by atoms with Crippen LogP contribution in [0.15, 0.2) is 0 Å². The molecule has 0 atom stereocenters. The molecule has 17 heavy (non-hydrogen) atoms. The van der Waals surface area contributed by atoms with E-state index in [9.17, 15) is 0 Å². The van der Waals surface area contributed by atoms with Crippen LogP contribution in [0.2, 0.25) is 11.6 Å². The Morgan fingerprint density at radius 2 is 0.824 bits per heavy atom. The summed E-state index contributed by atoms with van der Waals surface area (Å²) in [5, 5.41) is 0. The van der Waals surface area contributed by atoms with Crippen molar-refractivity contribution in [3.8, 4) is 0 Å². The van der Waals surface area contributed by atoms with Gasteiger partial charge in [-0.15, -0.1) is 0 Å². The van der Waals surface area contributed by atoms with Crippen molar-refractivity contribution in [1.29, 1.82) is 0 Å². The molecule has 0 saturated carbocycles. The molecule has 0 rings (SSSR count). The molecule has 0 N–H and O–H groups in total. The van der Waals surface area contributed by atoms with Gasteiger partial charge in [-0.05, 0) is 16.2 Å². The van der Waals surface area contributed by atoms with Crippen molar-refractivity contribution in [3.05, 3.63) is 0 Å². The average molecular weight is 256 g/mol. The Morgan fingerprint density at radius 1 is 0.588 bits per heavy atom. The summed E-state index contributed by atoms with van der Waals surface area (Å²) in [4.78, 5) is 0. The van der Waals surface area contributed by atoms with Gasteiger partial charge in [0.15, 0.2) is 0 Å². The van der Waals surface area contributed by atoms with Crippen LogP contribution in [0.25, 0.3) is 0 Å². The van der Waals surface area contributed by atoms with Crippen LogP contribution in [0.4, 0.5) is 0 Å². The molecule has 102 valence electrons. The molecule has 0 aromatic carbocycles. The maximum Gasteiger partial charge on any atom is 0.454 e. The van der Waals surface area contributed by atoms with Gasteiger partial charge >= 0.3 is 14.5 Å². The van der Waals surface area contributed by atoms with Gasteiger partial charge in [-0.1, -0.05) is 73.9 Å². The molecule has 0 aromatic heterocycles. The maximum absolute atomic E-state index is 6.67. The van der Waals surface area contributed by atoms with Gasteiger partial charge in [0, 0.05) is 0 Å². The number of hydrogen-bond donors (Lipinski definition) is 0. The largest absolute Gasteiger partial charge is 0.495 e. The SMILES string of the molecule is [CH3][Al]([CH3])[O]C(C(C)(C)C)(C(C)(C)C)C(C)(C)C. The summed E-state index contributed by atoms with van der Waals surface area (Å²) in [7, 11) is 0. The van der Waals surface area contributed by atoms with E-state index in [1.165, 1.54) is 0 Å². The van der Waals surface area contributed by atoms with Gasteiger partial charge in [-0.3, -0.25) is 0 Å². The van der Waals surface area contributed by atoms with Crippen molar-refractivity contribution in [3.63, 3.8) is 0 Å². The lowest BCUT2D eigenvalue weighted by Gasteiger charge is -2.62. The van der Waals surface area contributed by atoms with Gasteiger partial charge in [-0.2, -0.15) is 0 Å². The second-order valence-electron chi connectivity index (χ2n) is 8.60. The van der Waals surface area contributed by atoms with E-state index in [4.69, 9.17) is 3.79 Å². The minimum absolute atomic E-state index is 0.104. The molecule has 0 spiro atoms. The molecule has 0 heterocycles. The Bertz CT molecular complexity index is 212. The Balaban J connectivity index is 5.93. The highest BCUT2D eigenvalue weighted by molar-refractivity contribution is 6.48. The molecule has 1 nitrogen and oxygen atoms in total. The van der Waals surface area contributed by atoms with Crippen LogP contribution in [0.5, 0.6) is 0 Å². The molecule has 0 aromatic rings. The molecule has 0 unspecified atom stereocenters. The Kier molecular flexibility index (Phi) is 5.02. The zero-order valence-corrected chi connectivity index (χ0v) is 15.1. The highest BCUT2D eigenvalue weighted by Crippen LogP contribution is 2.56. The van der Waals surface area contributed by atoms with Gasteiger partial charge < -0.3 is 3.79 Å². The van der Waals surface area contributed by atoms with E-state index in [2.05, 4.69) is 73.9 Å². The van der Waals surface area contributed by atoms with Crippen LogP contribution < -0.4 is 0 Å². The van der Waals surface area contributed by atoms with Crippen LogP contribution in [-0.2, 0) is 3.79 Å². The second kappa shape index (κ2) is 4.88. The fourth-order valence-electron chi connectivity index (χ4n) is 4.26. The lowest BCUT2D eigenvalue weighted by Crippen LogP contribution is -2.64. The Morgan fingerprint density at radius 3 is 0.882 bits per heavy atom. The fraction of sp³-hybridized carbons (Fsp3) is 1.00. The molecule has 0 bridgehead atoms. The monoisotopic (exact) mass is 256 g/mol. The molecule has 0 fully saturated rings. The van der Waals surface area contributed by atoms with Crippen LogP contribution in [0.1, 0.15) is 62.3 Å². The number of rotatable bonds is 2. The minimum Gasteiger partial charge on any atom is -0.495 e. The minimum atomic E-state index is -1.09. The van der Waals surface area contributed by atoms with E-state index in [0.29, 0.717) is 0 Å². The summed E-state index contributed by atoms with van der Waals surface area (Å²) >= 11 is -1.09. The normalized spacial score (nSPS) is 15.0. The van der Waals surface area contributed by atoms with Crippen LogP contribution in [0.3, 0.4) is 0 Å². The summed E-state index contributed by atoms with van der Waals surface area (Å²) in [5.41, 5.74) is 0.274. The van der Waals surface area contributed by atoms with E-state index in [1.807, 2.05) is 0 Å². The predicted molar refractivity (Wildman–Crippen MR) is 79.7 cm³/mol. The van der Waals surface area contributed by atoms with E-state index >= 15 is 0 Å². The molecular formula is C15H33AlO. The maximum atomic E-state index is 6.67. The van der Waals surface area contributed by atoms with Crippen LogP contribution >= 0.6 is 0 Å². The van der Waals surface area contributed by atoms with Crippen molar-refractivity contribution < 1.29 is 3.79 Å². The zero-order valence-electron chi connectivity index (χ0n) is 14.0. The fourth-order valence-corrected chi connectivity index (χ4v) is 6.03. The molecule has 0 aliphatic heterocycles. The Labute approximate surface area is 114 Å². The smallest absolute Gasteiger partial charge is 0.454 e. The summed E-state index contributed by atoms with van der Waals surface area (Å²) in [6.45, 7) is 20.9.